The van der Waals surface area contributed by atoms with E-state index in [2.05, 4.69) is 50.0 Å². The zero-order chi connectivity index (χ0) is 15.8. The number of nitrogens with two attached hydrogens (primary N) is 1. The van der Waals surface area contributed by atoms with Crippen LogP contribution in [0, 0.1) is 0 Å². The lowest BCUT2D eigenvalue weighted by molar-refractivity contribution is 0.199. The van der Waals surface area contributed by atoms with E-state index in [0.717, 1.165) is 31.7 Å². The van der Waals surface area contributed by atoms with E-state index in [-0.39, 0.29) is 12.1 Å². The molecule has 0 heterocycles. The Hall–Kier alpha value is -1.10. The van der Waals surface area contributed by atoms with Gasteiger partial charge in [0.15, 0.2) is 0 Å². The first kappa shape index (κ1) is 18.0. The monoisotopic (exact) mass is 293 g/mol. The second-order valence-electron chi connectivity index (χ2n) is 5.93. The minimum absolute atomic E-state index is 0.126. The summed E-state index contributed by atoms with van der Waals surface area (Å²) in [7, 11) is 8.08. The maximum atomic E-state index is 6.38. The molecule has 2 atom stereocenters. The number of hydrogen-bond donors (Lipinski definition) is 1. The molecule has 0 saturated heterocycles. The van der Waals surface area contributed by atoms with Crippen LogP contribution in [0.5, 0.6) is 5.75 Å². The average molecular weight is 293 g/mol. The summed E-state index contributed by atoms with van der Waals surface area (Å²) in [5.74, 6) is 0.891. The summed E-state index contributed by atoms with van der Waals surface area (Å²) in [4.78, 5) is 4.58. The molecule has 0 spiro atoms. The second-order valence-corrected chi connectivity index (χ2v) is 5.93. The lowest BCUT2D eigenvalue weighted by Crippen LogP contribution is -2.39. The number of benzene rings is 1. The predicted octanol–water partition coefficient (Wildman–Crippen LogP) is 2.36. The molecule has 21 heavy (non-hydrogen) atoms. The highest BCUT2D eigenvalue weighted by Gasteiger charge is 2.23. The summed E-state index contributed by atoms with van der Waals surface area (Å²) < 4.78 is 5.34. The van der Waals surface area contributed by atoms with E-state index in [0.29, 0.717) is 0 Å². The quantitative estimate of drug-likeness (QED) is 0.759. The Morgan fingerprint density at radius 1 is 1.19 bits per heavy atom. The summed E-state index contributed by atoms with van der Waals surface area (Å²) in [5, 5.41) is 0. The first-order valence-corrected chi connectivity index (χ1v) is 7.74. The van der Waals surface area contributed by atoms with Gasteiger partial charge in [-0.2, -0.15) is 0 Å². The van der Waals surface area contributed by atoms with Gasteiger partial charge in [0.1, 0.15) is 5.75 Å². The second kappa shape index (κ2) is 9.03. The van der Waals surface area contributed by atoms with Crippen LogP contribution in [0.2, 0.25) is 0 Å². The number of rotatable bonds is 9. The highest BCUT2D eigenvalue weighted by Crippen LogP contribution is 2.27. The lowest BCUT2D eigenvalue weighted by atomic mass is 9.96. The fourth-order valence-electron chi connectivity index (χ4n) is 2.65. The van der Waals surface area contributed by atoms with Crippen molar-refractivity contribution in [2.45, 2.75) is 31.8 Å². The normalized spacial score (nSPS) is 14.5. The number of likely N-dealkylation sites (N-methyl/N-ethyl adjacent to an activating group) is 1. The van der Waals surface area contributed by atoms with Crippen LogP contribution in [0.15, 0.2) is 24.3 Å². The maximum Gasteiger partial charge on any atom is 0.119 e. The van der Waals surface area contributed by atoms with Gasteiger partial charge < -0.3 is 15.4 Å². The Morgan fingerprint density at radius 3 is 2.48 bits per heavy atom. The molecule has 0 bridgehead atoms. The van der Waals surface area contributed by atoms with Gasteiger partial charge in [0.2, 0.25) is 0 Å². The first-order chi connectivity index (χ1) is 9.99. The van der Waals surface area contributed by atoms with Crippen LogP contribution in [-0.2, 0) is 0 Å². The van der Waals surface area contributed by atoms with E-state index in [4.69, 9.17) is 10.5 Å². The Labute approximate surface area is 129 Å². The van der Waals surface area contributed by atoms with Gasteiger partial charge in [0.25, 0.3) is 0 Å². The van der Waals surface area contributed by atoms with Crippen molar-refractivity contribution in [2.24, 2.45) is 5.73 Å². The van der Waals surface area contributed by atoms with Crippen LogP contribution in [0.3, 0.4) is 0 Å². The van der Waals surface area contributed by atoms with Crippen molar-refractivity contribution in [2.75, 3.05) is 41.3 Å². The van der Waals surface area contributed by atoms with Gasteiger partial charge in [0, 0.05) is 12.1 Å². The molecule has 1 aromatic carbocycles. The Morgan fingerprint density at radius 2 is 1.90 bits per heavy atom. The SMILES string of the molecule is CCC(N)C(c1cccc(OC)c1)N(C)CCCN(C)C. The summed E-state index contributed by atoms with van der Waals surface area (Å²) in [6.07, 6.45) is 2.10. The minimum Gasteiger partial charge on any atom is -0.497 e. The predicted molar refractivity (Wildman–Crippen MR) is 89.8 cm³/mol. The van der Waals surface area contributed by atoms with Crippen LogP contribution in [-0.4, -0.2) is 57.2 Å². The van der Waals surface area contributed by atoms with Crippen molar-refractivity contribution >= 4 is 0 Å². The molecular formula is C17H31N3O. The molecule has 120 valence electrons. The van der Waals surface area contributed by atoms with E-state index >= 15 is 0 Å². The van der Waals surface area contributed by atoms with Crippen molar-refractivity contribution in [1.29, 1.82) is 0 Å². The van der Waals surface area contributed by atoms with Crippen molar-refractivity contribution in [3.8, 4) is 5.75 Å². The van der Waals surface area contributed by atoms with E-state index < -0.39 is 0 Å². The topological polar surface area (TPSA) is 41.7 Å². The molecule has 4 nitrogen and oxygen atoms in total. The van der Waals surface area contributed by atoms with Crippen molar-refractivity contribution in [1.82, 2.24) is 9.80 Å². The van der Waals surface area contributed by atoms with Crippen LogP contribution in [0.25, 0.3) is 0 Å². The third-order valence-electron chi connectivity index (χ3n) is 3.90. The van der Waals surface area contributed by atoms with Crippen molar-refractivity contribution < 1.29 is 4.74 Å². The third kappa shape index (κ3) is 5.65. The highest BCUT2D eigenvalue weighted by atomic mass is 16.5. The molecule has 2 N–H and O–H groups in total. The third-order valence-corrected chi connectivity index (χ3v) is 3.90. The number of nitrogens with zero attached hydrogens (tertiary/aromatic N) is 2. The van der Waals surface area contributed by atoms with Gasteiger partial charge in [-0.15, -0.1) is 0 Å². The average Bonchev–Trinajstić information content (AvgIpc) is 2.47. The first-order valence-electron chi connectivity index (χ1n) is 7.74. The molecule has 0 fully saturated rings. The summed E-state index contributed by atoms with van der Waals surface area (Å²) in [6, 6.07) is 8.61. The molecule has 0 aliphatic rings. The van der Waals surface area contributed by atoms with Crippen molar-refractivity contribution in [3.05, 3.63) is 29.8 Å². The summed E-state index contributed by atoms with van der Waals surface area (Å²) in [5.41, 5.74) is 7.61. The molecule has 0 aliphatic carbocycles. The highest BCUT2D eigenvalue weighted by molar-refractivity contribution is 5.31. The van der Waals surface area contributed by atoms with Gasteiger partial charge >= 0.3 is 0 Å². The van der Waals surface area contributed by atoms with Gasteiger partial charge in [0.05, 0.1) is 7.11 Å². The molecule has 1 rings (SSSR count). The lowest BCUT2D eigenvalue weighted by Gasteiger charge is -2.33. The maximum absolute atomic E-state index is 6.38. The molecule has 2 unspecified atom stereocenters. The molecule has 0 amide bonds. The molecule has 0 aromatic heterocycles. The molecule has 0 saturated carbocycles. The van der Waals surface area contributed by atoms with E-state index in [1.165, 1.54) is 5.56 Å². The fourth-order valence-corrected chi connectivity index (χ4v) is 2.65. The van der Waals surface area contributed by atoms with Crippen LogP contribution < -0.4 is 10.5 Å². The standard InChI is InChI=1S/C17H31N3O/c1-6-16(18)17(20(4)12-8-11-19(2)3)14-9-7-10-15(13-14)21-5/h7,9-10,13,16-17H,6,8,11-12,18H2,1-5H3. The van der Waals surface area contributed by atoms with Gasteiger partial charge in [-0.3, -0.25) is 4.90 Å². The summed E-state index contributed by atoms with van der Waals surface area (Å²) >= 11 is 0. The van der Waals surface area contributed by atoms with E-state index in [1.807, 2.05) is 12.1 Å². The number of hydrogen-bond acceptors (Lipinski definition) is 4. The van der Waals surface area contributed by atoms with Crippen molar-refractivity contribution in [3.63, 3.8) is 0 Å². The Balaban J connectivity index is 2.83. The largest absolute Gasteiger partial charge is 0.497 e. The molecule has 0 aliphatic heterocycles. The smallest absolute Gasteiger partial charge is 0.119 e. The molecular weight excluding hydrogens is 262 g/mol. The summed E-state index contributed by atoms with van der Waals surface area (Å²) in [6.45, 7) is 4.27. The Bertz CT molecular complexity index is 409. The van der Waals surface area contributed by atoms with Crippen LogP contribution in [0.4, 0.5) is 0 Å². The van der Waals surface area contributed by atoms with Gasteiger partial charge in [-0.25, -0.2) is 0 Å². The minimum atomic E-state index is 0.126. The molecule has 1 aromatic rings. The fraction of sp³-hybridized carbons (Fsp3) is 0.647. The van der Waals surface area contributed by atoms with Gasteiger partial charge in [-0.05, 0) is 64.8 Å². The number of methoxy groups -OCH3 is 1. The molecule has 4 heteroatoms. The number of ether oxygens (including phenoxy) is 1. The Kier molecular flexibility index (Phi) is 7.72. The zero-order valence-electron chi connectivity index (χ0n) is 14.2. The van der Waals surface area contributed by atoms with Gasteiger partial charge in [-0.1, -0.05) is 19.1 Å². The van der Waals surface area contributed by atoms with Crippen LogP contribution in [0.1, 0.15) is 31.4 Å². The van der Waals surface area contributed by atoms with Crippen LogP contribution >= 0.6 is 0 Å². The van der Waals surface area contributed by atoms with E-state index in [1.54, 1.807) is 7.11 Å². The molecule has 0 radical (unpaired) electrons. The zero-order valence-corrected chi connectivity index (χ0v) is 14.2. The van der Waals surface area contributed by atoms with E-state index in [9.17, 15) is 0 Å².